The summed E-state index contributed by atoms with van der Waals surface area (Å²) in [5.74, 6) is -16.4. The number of likely N-dealkylation sites (N-methyl/N-ethyl adjacent to an activating group) is 1. The number of anilines is 1. The van der Waals surface area contributed by atoms with E-state index < -0.39 is 328 Å². The Labute approximate surface area is 826 Å². The maximum atomic E-state index is 16.5. The van der Waals surface area contributed by atoms with Crippen molar-refractivity contribution in [1.29, 1.82) is 0 Å². The van der Waals surface area contributed by atoms with Gasteiger partial charge in [-0.3, -0.25) is 38.4 Å². The van der Waals surface area contributed by atoms with Crippen LogP contribution in [0.3, 0.4) is 0 Å². The lowest BCUT2D eigenvalue weighted by Crippen LogP contribution is -2.67. The summed E-state index contributed by atoms with van der Waals surface area (Å²) in [6.45, 7) is 5.77. The molecule has 7 aromatic rings. The highest BCUT2D eigenvalue weighted by molar-refractivity contribution is 6.32. The molecule has 16 rings (SSSR count). The topological polar surface area (TPSA) is 719 Å². The lowest BCUT2D eigenvalue weighted by molar-refractivity contribution is -0.375. The van der Waals surface area contributed by atoms with Crippen molar-refractivity contribution in [2.45, 2.75) is 231 Å². The second-order valence-corrected chi connectivity index (χ2v) is 36.5. The molecule has 144 heavy (non-hydrogen) atoms. The zero-order valence-corrected chi connectivity index (χ0v) is 78.4. The number of ether oxygens (including phenoxy) is 11. The Morgan fingerprint density at radius 1 is 0.611 bits per heavy atom. The summed E-state index contributed by atoms with van der Waals surface area (Å²) >= 11 is 14.5. The predicted octanol–water partition coefficient (Wildman–Crippen LogP) is -0.617. The van der Waals surface area contributed by atoms with Gasteiger partial charge in [0.1, 0.15) is 157 Å². The monoisotopic (exact) mass is 2070 g/mol. The average molecular weight is 2070 g/mol. The minimum atomic E-state index is -5.03. The Balaban J connectivity index is 0.00000864. The van der Waals surface area contributed by atoms with Gasteiger partial charge in [0.15, 0.2) is 36.6 Å². The third-order valence-electron chi connectivity index (χ3n) is 24.7. The number of phenols is 3. The smallest absolute Gasteiger partial charge is 0.508 e. The lowest BCUT2D eigenvalue weighted by Gasteiger charge is -2.48. The number of carbonyl (C=O) groups excluding carboxylic acids is 9. The summed E-state index contributed by atoms with van der Waals surface area (Å²) in [6, 6.07) is 11.7. The van der Waals surface area contributed by atoms with Crippen molar-refractivity contribution in [2.75, 3.05) is 32.1 Å². The molecule has 7 aromatic carbocycles. The van der Waals surface area contributed by atoms with Crippen LogP contribution in [0.25, 0.3) is 11.1 Å². The first-order valence-corrected chi connectivity index (χ1v) is 45.6. The fourth-order valence-corrected chi connectivity index (χ4v) is 17.9. The van der Waals surface area contributed by atoms with Gasteiger partial charge in [0.2, 0.25) is 53.4 Å². The first-order valence-electron chi connectivity index (χ1n) is 44.8. The highest BCUT2D eigenvalue weighted by Crippen LogP contribution is 2.51. The van der Waals surface area contributed by atoms with E-state index in [0.29, 0.717) is 5.56 Å². The molecule has 0 radical (unpaired) electrons. The molecule has 0 saturated carbocycles. The second kappa shape index (κ2) is 46.2. The first kappa shape index (κ1) is 109. The number of hydrogen-bond acceptors (Lipinski definition) is 38. The largest absolute Gasteiger partial charge is 0.573 e. The van der Waals surface area contributed by atoms with Crippen molar-refractivity contribution in [1.82, 2.24) is 42.5 Å². The van der Waals surface area contributed by atoms with Gasteiger partial charge < -0.3 is 193 Å². The van der Waals surface area contributed by atoms with Gasteiger partial charge in [0, 0.05) is 59.1 Å². The Bertz CT molecular complexity index is 5850. The van der Waals surface area contributed by atoms with Crippen LogP contribution >= 0.6 is 23.2 Å². The fourth-order valence-electron chi connectivity index (χ4n) is 17.4. The number of rotatable bonds is 24. The van der Waals surface area contributed by atoms with Crippen LogP contribution in [0, 0.1) is 5.92 Å². The second-order valence-electron chi connectivity index (χ2n) is 35.6. The molecule has 0 aromatic heterocycles. The van der Waals surface area contributed by atoms with Crippen LogP contribution < -0.4 is 78.3 Å². The molecule has 9 aliphatic rings. The maximum Gasteiger partial charge on any atom is 0.573 e. The van der Waals surface area contributed by atoms with E-state index in [1.54, 1.807) is 19.9 Å². The van der Waals surface area contributed by atoms with E-state index in [9.17, 15) is 104 Å². The summed E-state index contributed by atoms with van der Waals surface area (Å²) in [5, 5.41) is 197. The summed E-state index contributed by atoms with van der Waals surface area (Å²) in [7, 11) is 1.44. The Morgan fingerprint density at radius 3 is 1.81 bits per heavy atom. The van der Waals surface area contributed by atoms with E-state index in [1.807, 2.05) is 6.79 Å². The average Bonchev–Trinajstić information content (AvgIpc) is 0.764. The van der Waals surface area contributed by atoms with Crippen LogP contribution in [-0.2, 0) is 78.1 Å². The number of aromatic hydroxyl groups is 3. The summed E-state index contributed by atoms with van der Waals surface area (Å²) in [4.78, 5) is 128. The molecule has 4 saturated heterocycles. The Morgan fingerprint density at radius 2 is 1.19 bits per heavy atom. The van der Waals surface area contributed by atoms with Gasteiger partial charge in [0.25, 0.3) is 5.91 Å². The number of carbonyl (C=O) groups is 9. The van der Waals surface area contributed by atoms with Crippen LogP contribution in [0.2, 0.25) is 10.0 Å². The van der Waals surface area contributed by atoms with E-state index in [1.165, 1.54) is 57.3 Å². The minimum absolute atomic E-state index is 0.0384. The Kier molecular flexibility index (Phi) is 35.1. The highest BCUT2D eigenvalue weighted by atomic mass is 35.5. The number of benzene rings is 7. The molecular formula is C93H108Cl2F3N11O35. The molecule has 28 N–H and O–H groups in total. The molecule has 46 nitrogen and oxygen atoms in total. The van der Waals surface area contributed by atoms with Gasteiger partial charge in [-0.1, -0.05) is 73.4 Å². The van der Waals surface area contributed by atoms with Gasteiger partial charge in [-0.2, -0.15) is 0 Å². The van der Waals surface area contributed by atoms with Crippen molar-refractivity contribution in [3.8, 4) is 62.9 Å². The number of aliphatic hydroxyl groups excluding tert-OH is 12. The molecule has 780 valence electrons. The van der Waals surface area contributed by atoms with Gasteiger partial charge in [0.05, 0.1) is 47.9 Å². The number of nitrogens with two attached hydrogens (primary N) is 2. The van der Waals surface area contributed by atoms with E-state index >= 15 is 24.0 Å². The summed E-state index contributed by atoms with van der Waals surface area (Å²) in [5.41, 5.74) is 8.70. The summed E-state index contributed by atoms with van der Waals surface area (Å²) in [6.07, 6.45) is -48.2. The quantitative estimate of drug-likeness (QED) is 0.0359. The maximum absolute atomic E-state index is 16.5. The van der Waals surface area contributed by atoms with Crippen molar-refractivity contribution in [2.24, 2.45) is 17.4 Å². The molecule has 28 atom stereocenters. The number of alkyl halides is 3. The van der Waals surface area contributed by atoms with Crippen molar-refractivity contribution >= 4 is 82.9 Å². The van der Waals surface area contributed by atoms with E-state index in [-0.39, 0.29) is 59.8 Å². The molecule has 51 heteroatoms. The third-order valence-corrected chi connectivity index (χ3v) is 25.3. The number of halogens is 5. The molecule has 11 bridgehead atoms. The van der Waals surface area contributed by atoms with Crippen molar-refractivity contribution in [3.05, 3.63) is 176 Å². The number of primary amides is 1. The Hall–Kier alpha value is -11.9. The minimum Gasteiger partial charge on any atom is -0.508 e. The van der Waals surface area contributed by atoms with E-state index in [2.05, 4.69) is 52.6 Å². The number of nitrogens with one attached hydrogen (secondary N) is 9. The van der Waals surface area contributed by atoms with E-state index in [4.69, 9.17) is 86.8 Å². The third kappa shape index (κ3) is 24.9. The van der Waals surface area contributed by atoms with Crippen LogP contribution in [-0.4, -0.2) is 304 Å². The molecule has 9 aliphatic heterocycles. The molecule has 8 amide bonds. The van der Waals surface area contributed by atoms with Crippen LogP contribution in [0.4, 0.5) is 18.9 Å². The SMILES string of the molecule is C=O.CN[C@H](CC(C)C)C(=O)NC1C(=O)N[C@@H](CC(N)=O)C(=O)N[C@H]2C(=O)N[C@@H]3C(=O)N[C@H](C(=O)N[C@@H](O)c4cc(O)cc(O)c4-c4cc3ccc4O)[C@H](O[C@H]3C[C@](C)(N)[C@@H](O)[C@H](C)O3)c3ccc(c(Cl)c3)Oc3cc2cc(c3O[C@@H]2O[C@H](CO)[C@@H](O[C@@H]3O[C@H](CO)[C@@H](O[C@@H]4O[C@H](CNCc5cccc(NC(=O)c6cccc(OC(F)(F)F)c6)c5)[C@H](O)[C@H](O)[C@H]4O)[C@H](O)[C@H]3O)[C@H](O)[C@H]2O)Oc2ccc(cc2Cl)[C@H]1O. The first-order chi connectivity index (χ1) is 68.2. The van der Waals surface area contributed by atoms with Gasteiger partial charge in [-0.25, -0.2) is 0 Å². The molecular weight excluding hydrogens is 1960 g/mol. The predicted molar refractivity (Wildman–Crippen MR) is 488 cm³/mol. The highest BCUT2D eigenvalue weighted by Gasteiger charge is 2.56. The van der Waals surface area contributed by atoms with Crippen LogP contribution in [0.1, 0.15) is 121 Å². The zero-order valence-electron chi connectivity index (χ0n) is 76.9. The van der Waals surface area contributed by atoms with Crippen molar-refractivity contribution < 1.29 is 185 Å². The zero-order chi connectivity index (χ0) is 105. The number of hydrogen-bond donors (Lipinski definition) is 26. The van der Waals surface area contributed by atoms with Crippen molar-refractivity contribution in [3.63, 3.8) is 0 Å². The lowest BCUT2D eigenvalue weighted by atomic mass is 9.86. The van der Waals surface area contributed by atoms with Crippen LogP contribution in [0.5, 0.6) is 51.7 Å². The van der Waals surface area contributed by atoms with Gasteiger partial charge in [-0.15, -0.1) is 13.2 Å². The van der Waals surface area contributed by atoms with E-state index in [0.717, 1.165) is 84.9 Å². The molecule has 4 fully saturated rings. The standard InChI is InChI=1S/C92H106Cl2F3N11O34.CH2O/c1-34(2)18-49(100-5)82(126)106-65-67(115)38-13-16-53(47(93)22-38)133-55-24-41-25-56(76(55)139-89-73(121)70(118)78(58(32-109)136-89)141-90-74(122)71(119)77(59(33-110)137-90)140-88-72(120)69(117)68(116)57(135-88)31-101-30-36-8-6-10-42(19-36)102-80(124)40-9-7-11-44(20-40)142-92(95,96)97)134-54-17-14-39(23-48(54)94)75(138-61-29-91(4,99)79(123)35(3)132-61)66-87(131)108-81(125)46-26-43(111)27-52(113)62(46)45-21-37(12-15-51(45)112)63(84(128)107-66)105-85(129)64(41)104-83(127)50(28-60(98)114)103-86(65)130;1-2/h6-17,19-27,34-35,49-50,57-59,61,63-75,77-79,81,88-90,100-101,109-113,115-123,125H,18,28-33,99H2,1-5H3,(H2,98,114)(H,102,124)(H,103,130)(H,104,127)(H,105,129)(H,106,126)(H,107,128)(H,108,131);1H2/t35-,49+,50-,57+,58+,59+,61-,63-,64+,65?,66-,67+,68-,69-,70+,71+,72+,73+,74+,75+,77+,78+,79-,81-,88-,89-,90-,91-;/m0./s1. The van der Waals surface area contributed by atoms with Gasteiger partial charge >= 0.3 is 6.36 Å². The molecule has 1 unspecified atom stereocenters. The normalized spacial score (nSPS) is 30.6. The molecule has 9 heterocycles. The van der Waals surface area contributed by atoms with Crippen LogP contribution in [0.15, 0.2) is 127 Å². The fraction of sp³-hybridized carbons (Fsp3) is 0.452. The number of aliphatic hydroxyl groups is 12. The number of fused-ring (bicyclic) bond motifs is 15. The number of phenolic OH excluding ortho intramolecular Hbond substituents is 3. The molecule has 0 aliphatic carbocycles. The molecule has 0 spiro atoms. The number of amides is 8. The summed E-state index contributed by atoms with van der Waals surface area (Å²) < 4.78 is 106. The van der Waals surface area contributed by atoms with Gasteiger partial charge in [-0.05, 0) is 146 Å².